The van der Waals surface area contributed by atoms with Gasteiger partial charge in [0.2, 0.25) is 0 Å². The molecule has 0 fully saturated rings. The average molecular weight is 288 g/mol. The van der Waals surface area contributed by atoms with Crippen LogP contribution in [-0.4, -0.2) is 15.7 Å². The molecule has 0 spiro atoms. The van der Waals surface area contributed by atoms with Crippen molar-refractivity contribution in [1.82, 2.24) is 9.78 Å². The second-order valence-electron chi connectivity index (χ2n) is 4.64. The van der Waals surface area contributed by atoms with Crippen molar-refractivity contribution in [3.8, 4) is 11.8 Å². The van der Waals surface area contributed by atoms with Crippen LogP contribution in [0.4, 0.5) is 5.69 Å². The molecule has 0 bridgehead atoms. The van der Waals surface area contributed by atoms with Crippen LogP contribution >= 0.6 is 0 Å². The molecule has 1 N–H and O–H groups in total. The number of hydrogen-bond donors (Lipinski definition) is 1. The first kappa shape index (κ1) is 13.6. The Morgan fingerprint density at radius 1 is 1.14 bits per heavy atom. The van der Waals surface area contributed by atoms with E-state index in [0.29, 0.717) is 16.8 Å². The summed E-state index contributed by atoms with van der Waals surface area (Å²) in [6, 6.07) is 17.8. The molecule has 1 amide bonds. The van der Waals surface area contributed by atoms with E-state index in [1.165, 1.54) is 0 Å². The maximum absolute atomic E-state index is 12.3. The van der Waals surface area contributed by atoms with Gasteiger partial charge in [0.1, 0.15) is 0 Å². The molecule has 1 heterocycles. The molecule has 3 aromatic rings. The molecule has 0 saturated heterocycles. The second-order valence-corrected chi connectivity index (χ2v) is 4.64. The summed E-state index contributed by atoms with van der Waals surface area (Å²) in [4.78, 5) is 12.3. The third-order valence-electron chi connectivity index (χ3n) is 3.15. The molecule has 0 aliphatic carbocycles. The summed E-state index contributed by atoms with van der Waals surface area (Å²) in [5.74, 6) is -0.210. The van der Waals surface area contributed by atoms with Gasteiger partial charge < -0.3 is 5.32 Å². The van der Waals surface area contributed by atoms with Crippen molar-refractivity contribution in [1.29, 1.82) is 5.26 Å². The van der Waals surface area contributed by atoms with E-state index in [-0.39, 0.29) is 5.91 Å². The van der Waals surface area contributed by atoms with Gasteiger partial charge in [-0.2, -0.15) is 10.4 Å². The summed E-state index contributed by atoms with van der Waals surface area (Å²) in [7, 11) is 0. The van der Waals surface area contributed by atoms with E-state index in [1.54, 1.807) is 47.3 Å². The highest BCUT2D eigenvalue weighted by molar-refractivity contribution is 6.04. The Morgan fingerprint density at radius 3 is 2.64 bits per heavy atom. The molecule has 0 unspecified atom stereocenters. The van der Waals surface area contributed by atoms with E-state index in [0.717, 1.165) is 5.69 Å². The number of carbonyl (C=O) groups is 1. The molecule has 0 radical (unpaired) electrons. The molecule has 5 heteroatoms. The number of nitrogens with one attached hydrogen (secondary N) is 1. The first-order chi connectivity index (χ1) is 10.8. The highest BCUT2D eigenvalue weighted by atomic mass is 16.1. The van der Waals surface area contributed by atoms with Crippen molar-refractivity contribution in [3.05, 3.63) is 78.1 Å². The largest absolute Gasteiger partial charge is 0.322 e. The summed E-state index contributed by atoms with van der Waals surface area (Å²) < 4.78 is 1.69. The Balaban J connectivity index is 1.80. The molecule has 1 aromatic heterocycles. The number of benzene rings is 2. The molecule has 5 nitrogen and oxygen atoms in total. The fraction of sp³-hybridized carbons (Fsp3) is 0. The molecular weight excluding hydrogens is 276 g/mol. The third-order valence-corrected chi connectivity index (χ3v) is 3.15. The van der Waals surface area contributed by atoms with Crippen molar-refractivity contribution < 1.29 is 4.79 Å². The number of amides is 1. The minimum atomic E-state index is -0.210. The van der Waals surface area contributed by atoms with E-state index in [2.05, 4.69) is 10.4 Å². The van der Waals surface area contributed by atoms with E-state index in [4.69, 9.17) is 5.26 Å². The quantitative estimate of drug-likeness (QED) is 0.805. The van der Waals surface area contributed by atoms with Crippen LogP contribution in [0, 0.1) is 11.3 Å². The number of rotatable bonds is 3. The maximum atomic E-state index is 12.3. The van der Waals surface area contributed by atoms with Gasteiger partial charge >= 0.3 is 0 Å². The molecule has 106 valence electrons. The van der Waals surface area contributed by atoms with Crippen LogP contribution in [0.3, 0.4) is 0 Å². The normalized spacial score (nSPS) is 9.95. The zero-order valence-corrected chi connectivity index (χ0v) is 11.6. The minimum absolute atomic E-state index is 0.210. The Labute approximate surface area is 127 Å². The van der Waals surface area contributed by atoms with E-state index in [9.17, 15) is 4.79 Å². The predicted octanol–water partition coefficient (Wildman–Crippen LogP) is 3.00. The Kier molecular flexibility index (Phi) is 3.67. The van der Waals surface area contributed by atoms with Crippen LogP contribution in [0.2, 0.25) is 0 Å². The molecular formula is C17H12N4O. The van der Waals surface area contributed by atoms with Gasteiger partial charge in [-0.05, 0) is 48.5 Å². The first-order valence-electron chi connectivity index (χ1n) is 6.68. The topological polar surface area (TPSA) is 70.7 Å². The lowest BCUT2D eigenvalue weighted by molar-refractivity contribution is 0.102. The summed E-state index contributed by atoms with van der Waals surface area (Å²) in [6.45, 7) is 0. The van der Waals surface area contributed by atoms with E-state index >= 15 is 0 Å². The lowest BCUT2D eigenvalue weighted by Gasteiger charge is -2.07. The number of anilines is 1. The monoisotopic (exact) mass is 288 g/mol. The molecule has 0 aliphatic heterocycles. The number of nitrogens with zero attached hydrogens (tertiary/aromatic N) is 3. The summed E-state index contributed by atoms with van der Waals surface area (Å²) in [5, 5.41) is 15.7. The van der Waals surface area contributed by atoms with Gasteiger partial charge in [0.05, 0.1) is 17.3 Å². The number of carbonyl (C=O) groups excluding carboxylic acids is 1. The van der Waals surface area contributed by atoms with Gasteiger partial charge in [0, 0.05) is 23.6 Å². The highest BCUT2D eigenvalue weighted by Crippen LogP contribution is 2.13. The fourth-order valence-corrected chi connectivity index (χ4v) is 2.04. The third kappa shape index (κ3) is 2.86. The number of nitriles is 1. The van der Waals surface area contributed by atoms with Crippen LogP contribution < -0.4 is 5.32 Å². The van der Waals surface area contributed by atoms with Crippen LogP contribution in [0.15, 0.2) is 67.0 Å². The van der Waals surface area contributed by atoms with Gasteiger partial charge in [0.15, 0.2) is 0 Å². The van der Waals surface area contributed by atoms with Crippen molar-refractivity contribution in [2.24, 2.45) is 0 Å². The van der Waals surface area contributed by atoms with Crippen molar-refractivity contribution in [2.45, 2.75) is 0 Å². The van der Waals surface area contributed by atoms with Gasteiger partial charge in [-0.25, -0.2) is 4.68 Å². The lowest BCUT2D eigenvalue weighted by Crippen LogP contribution is -2.12. The standard InChI is InChI=1S/C17H12N4O/c18-12-13-5-7-15(8-6-13)20-17(22)14-3-1-4-16(11-14)21-10-2-9-19-21/h1-11H,(H,20,22). The molecule has 2 aromatic carbocycles. The lowest BCUT2D eigenvalue weighted by atomic mass is 10.1. The summed E-state index contributed by atoms with van der Waals surface area (Å²) in [5.41, 5.74) is 2.56. The Hall–Kier alpha value is -3.39. The van der Waals surface area contributed by atoms with Crippen molar-refractivity contribution in [3.63, 3.8) is 0 Å². The second kappa shape index (κ2) is 5.94. The molecule has 22 heavy (non-hydrogen) atoms. The van der Waals surface area contributed by atoms with Crippen LogP contribution in [0.25, 0.3) is 5.69 Å². The Bertz CT molecular complexity index is 830. The van der Waals surface area contributed by atoms with Gasteiger partial charge in [-0.15, -0.1) is 0 Å². The maximum Gasteiger partial charge on any atom is 0.255 e. The highest BCUT2D eigenvalue weighted by Gasteiger charge is 2.07. The SMILES string of the molecule is N#Cc1ccc(NC(=O)c2cccc(-n3cccn3)c2)cc1. The molecule has 3 rings (SSSR count). The molecule has 0 saturated carbocycles. The summed E-state index contributed by atoms with van der Waals surface area (Å²) in [6.07, 6.45) is 3.50. The Morgan fingerprint density at radius 2 is 1.95 bits per heavy atom. The van der Waals surface area contributed by atoms with Gasteiger partial charge in [-0.1, -0.05) is 6.07 Å². The average Bonchev–Trinajstić information content (AvgIpc) is 3.10. The van der Waals surface area contributed by atoms with Crippen molar-refractivity contribution >= 4 is 11.6 Å². The van der Waals surface area contributed by atoms with Gasteiger partial charge in [-0.3, -0.25) is 4.79 Å². The molecule has 0 atom stereocenters. The van der Waals surface area contributed by atoms with Crippen LogP contribution in [0.1, 0.15) is 15.9 Å². The molecule has 0 aliphatic rings. The van der Waals surface area contributed by atoms with Crippen LogP contribution in [-0.2, 0) is 0 Å². The van der Waals surface area contributed by atoms with Gasteiger partial charge in [0.25, 0.3) is 5.91 Å². The zero-order valence-electron chi connectivity index (χ0n) is 11.6. The van der Waals surface area contributed by atoms with E-state index < -0.39 is 0 Å². The predicted molar refractivity (Wildman–Crippen MR) is 82.7 cm³/mol. The zero-order chi connectivity index (χ0) is 15.4. The minimum Gasteiger partial charge on any atom is -0.322 e. The smallest absolute Gasteiger partial charge is 0.255 e. The first-order valence-corrected chi connectivity index (χ1v) is 6.68. The van der Waals surface area contributed by atoms with Crippen molar-refractivity contribution in [2.75, 3.05) is 5.32 Å². The fourth-order valence-electron chi connectivity index (χ4n) is 2.04. The summed E-state index contributed by atoms with van der Waals surface area (Å²) >= 11 is 0. The van der Waals surface area contributed by atoms with Crippen LogP contribution in [0.5, 0.6) is 0 Å². The van der Waals surface area contributed by atoms with E-state index in [1.807, 2.05) is 30.5 Å². The number of hydrogen-bond acceptors (Lipinski definition) is 3. The number of aromatic nitrogens is 2.